The summed E-state index contributed by atoms with van der Waals surface area (Å²) in [6.45, 7) is 6.63. The van der Waals surface area contributed by atoms with Crippen LogP contribution in [0.1, 0.15) is 38.3 Å². The lowest BCUT2D eigenvalue weighted by Crippen LogP contribution is -2.37. The number of hydrogen-bond donors (Lipinski definition) is 2. The van der Waals surface area contributed by atoms with Gasteiger partial charge in [-0.25, -0.2) is 0 Å². The van der Waals surface area contributed by atoms with Crippen molar-refractivity contribution in [3.63, 3.8) is 0 Å². The number of nitrogens with one attached hydrogen (secondary N) is 1. The van der Waals surface area contributed by atoms with Crippen molar-refractivity contribution in [1.82, 2.24) is 5.43 Å². The van der Waals surface area contributed by atoms with Gasteiger partial charge in [-0.1, -0.05) is 45.0 Å². The third kappa shape index (κ3) is 4.33. The van der Waals surface area contributed by atoms with Crippen LogP contribution in [0.25, 0.3) is 0 Å². The normalized spacial score (nSPS) is 13.1. The largest absolute Gasteiger partial charge is 0.271 e. The first-order chi connectivity index (χ1) is 7.65. The van der Waals surface area contributed by atoms with Gasteiger partial charge in [0.25, 0.3) is 0 Å². The van der Waals surface area contributed by atoms with Crippen LogP contribution in [-0.4, -0.2) is 6.04 Å². The summed E-state index contributed by atoms with van der Waals surface area (Å²) in [5, 5.41) is 0. The minimum absolute atomic E-state index is 0.382. The highest BCUT2D eigenvalue weighted by Crippen LogP contribution is 2.12. The number of hydrogen-bond acceptors (Lipinski definition) is 2. The van der Waals surface area contributed by atoms with Gasteiger partial charge in [-0.15, -0.1) is 0 Å². The van der Waals surface area contributed by atoms with Gasteiger partial charge in [-0.05, 0) is 36.3 Å². The molecule has 0 spiro atoms. The molecule has 1 atom stereocenters. The summed E-state index contributed by atoms with van der Waals surface area (Å²) in [6.07, 6.45) is 3.23. The maximum Gasteiger partial charge on any atom is 0.0253 e. The molecule has 0 radical (unpaired) electrons. The van der Waals surface area contributed by atoms with Crippen molar-refractivity contribution < 1.29 is 0 Å². The summed E-state index contributed by atoms with van der Waals surface area (Å²) >= 11 is 0. The van der Waals surface area contributed by atoms with Crippen LogP contribution in [0.4, 0.5) is 0 Å². The average Bonchev–Trinajstić information content (AvgIpc) is 2.28. The molecule has 1 aromatic rings. The van der Waals surface area contributed by atoms with Gasteiger partial charge in [0.1, 0.15) is 0 Å². The molecule has 1 rings (SSSR count). The van der Waals surface area contributed by atoms with E-state index in [-0.39, 0.29) is 0 Å². The van der Waals surface area contributed by atoms with E-state index in [1.54, 1.807) is 0 Å². The molecule has 0 heterocycles. The minimum atomic E-state index is 0.382. The Morgan fingerprint density at radius 1 is 1.12 bits per heavy atom. The van der Waals surface area contributed by atoms with E-state index in [4.69, 9.17) is 5.84 Å². The number of rotatable bonds is 6. The summed E-state index contributed by atoms with van der Waals surface area (Å²) in [6, 6.07) is 9.22. The van der Waals surface area contributed by atoms with E-state index in [1.165, 1.54) is 11.1 Å². The second-order valence-electron chi connectivity index (χ2n) is 4.87. The van der Waals surface area contributed by atoms with Gasteiger partial charge in [0, 0.05) is 6.04 Å². The fraction of sp³-hybridized carbons (Fsp3) is 0.571. The second-order valence-corrected chi connectivity index (χ2v) is 4.87. The van der Waals surface area contributed by atoms with Crippen LogP contribution in [0.15, 0.2) is 24.3 Å². The van der Waals surface area contributed by atoms with Crippen molar-refractivity contribution in [1.29, 1.82) is 0 Å². The SMILES string of the molecule is CCc1ccc(CC(CC(C)C)NN)cc1. The van der Waals surface area contributed by atoms with E-state index in [1.807, 2.05) is 0 Å². The topological polar surface area (TPSA) is 38.0 Å². The van der Waals surface area contributed by atoms with Crippen LogP contribution in [-0.2, 0) is 12.8 Å². The maximum atomic E-state index is 5.57. The molecule has 0 saturated heterocycles. The Morgan fingerprint density at radius 3 is 2.12 bits per heavy atom. The standard InChI is InChI=1S/C14H24N2/c1-4-12-5-7-13(8-6-12)10-14(16-15)9-11(2)3/h5-8,11,14,16H,4,9-10,15H2,1-3H3. The number of hydrazine groups is 1. The summed E-state index contributed by atoms with van der Waals surface area (Å²) < 4.78 is 0. The van der Waals surface area contributed by atoms with Gasteiger partial charge >= 0.3 is 0 Å². The molecule has 90 valence electrons. The molecule has 0 bridgehead atoms. The van der Waals surface area contributed by atoms with Gasteiger partial charge in [0.2, 0.25) is 0 Å². The van der Waals surface area contributed by atoms with E-state index in [0.717, 1.165) is 19.3 Å². The lowest BCUT2D eigenvalue weighted by molar-refractivity contribution is 0.423. The first-order valence-electron chi connectivity index (χ1n) is 6.19. The Bertz CT molecular complexity index is 290. The van der Waals surface area contributed by atoms with Crippen LogP contribution >= 0.6 is 0 Å². The van der Waals surface area contributed by atoms with E-state index in [9.17, 15) is 0 Å². The molecule has 2 heteroatoms. The molecule has 0 amide bonds. The Hall–Kier alpha value is -0.860. The average molecular weight is 220 g/mol. The maximum absolute atomic E-state index is 5.57. The van der Waals surface area contributed by atoms with Gasteiger partial charge < -0.3 is 0 Å². The molecule has 3 N–H and O–H groups in total. The highest BCUT2D eigenvalue weighted by molar-refractivity contribution is 5.23. The zero-order valence-electron chi connectivity index (χ0n) is 10.7. The van der Waals surface area contributed by atoms with Crippen molar-refractivity contribution in [2.45, 2.75) is 46.1 Å². The highest BCUT2D eigenvalue weighted by Gasteiger charge is 2.09. The predicted molar refractivity (Wildman–Crippen MR) is 70.1 cm³/mol. The lowest BCUT2D eigenvalue weighted by Gasteiger charge is -2.18. The third-order valence-corrected chi connectivity index (χ3v) is 2.90. The fourth-order valence-corrected chi connectivity index (χ4v) is 1.97. The molecule has 2 nitrogen and oxygen atoms in total. The molecule has 0 aliphatic rings. The molecule has 0 aliphatic carbocycles. The molecular weight excluding hydrogens is 196 g/mol. The quantitative estimate of drug-likeness (QED) is 0.571. The van der Waals surface area contributed by atoms with Crippen molar-refractivity contribution in [2.75, 3.05) is 0 Å². The van der Waals surface area contributed by atoms with Gasteiger partial charge in [0.15, 0.2) is 0 Å². The first kappa shape index (κ1) is 13.2. The van der Waals surface area contributed by atoms with E-state index >= 15 is 0 Å². The van der Waals surface area contributed by atoms with Crippen molar-refractivity contribution in [2.24, 2.45) is 11.8 Å². The number of aryl methyl sites for hydroxylation is 1. The first-order valence-corrected chi connectivity index (χ1v) is 6.19. The molecule has 0 aromatic heterocycles. The summed E-state index contributed by atoms with van der Waals surface area (Å²) in [5.41, 5.74) is 5.67. The molecule has 16 heavy (non-hydrogen) atoms. The van der Waals surface area contributed by atoms with Crippen LogP contribution in [0, 0.1) is 5.92 Å². The number of nitrogens with two attached hydrogens (primary N) is 1. The van der Waals surface area contributed by atoms with Crippen molar-refractivity contribution in [3.05, 3.63) is 35.4 Å². The van der Waals surface area contributed by atoms with Gasteiger partial charge in [0.05, 0.1) is 0 Å². The van der Waals surface area contributed by atoms with Crippen LogP contribution < -0.4 is 11.3 Å². The fourth-order valence-electron chi connectivity index (χ4n) is 1.97. The van der Waals surface area contributed by atoms with E-state index in [2.05, 4.69) is 50.5 Å². The van der Waals surface area contributed by atoms with Gasteiger partial charge in [-0.2, -0.15) is 0 Å². The van der Waals surface area contributed by atoms with Crippen LogP contribution in [0.5, 0.6) is 0 Å². The molecule has 1 unspecified atom stereocenters. The summed E-state index contributed by atoms with van der Waals surface area (Å²) in [7, 11) is 0. The van der Waals surface area contributed by atoms with Crippen LogP contribution in [0.2, 0.25) is 0 Å². The Balaban J connectivity index is 2.56. The molecule has 0 saturated carbocycles. The Labute approximate surface area is 99.2 Å². The van der Waals surface area contributed by atoms with E-state index < -0.39 is 0 Å². The predicted octanol–water partition coefficient (Wildman–Crippen LogP) is 2.67. The molecule has 1 aromatic carbocycles. The summed E-state index contributed by atoms with van der Waals surface area (Å²) in [5.74, 6) is 6.25. The summed E-state index contributed by atoms with van der Waals surface area (Å²) in [4.78, 5) is 0. The third-order valence-electron chi connectivity index (χ3n) is 2.90. The Morgan fingerprint density at radius 2 is 1.69 bits per heavy atom. The van der Waals surface area contributed by atoms with Crippen molar-refractivity contribution >= 4 is 0 Å². The zero-order chi connectivity index (χ0) is 12.0. The molecular formula is C14H24N2. The second kappa shape index (κ2) is 6.66. The highest BCUT2D eigenvalue weighted by atomic mass is 15.2. The van der Waals surface area contributed by atoms with E-state index in [0.29, 0.717) is 12.0 Å². The van der Waals surface area contributed by atoms with Gasteiger partial charge in [-0.3, -0.25) is 11.3 Å². The number of benzene rings is 1. The monoisotopic (exact) mass is 220 g/mol. The zero-order valence-corrected chi connectivity index (χ0v) is 10.7. The lowest BCUT2D eigenvalue weighted by atomic mass is 9.97. The Kier molecular flexibility index (Phi) is 5.50. The minimum Gasteiger partial charge on any atom is -0.271 e. The smallest absolute Gasteiger partial charge is 0.0253 e. The van der Waals surface area contributed by atoms with Crippen LogP contribution in [0.3, 0.4) is 0 Å². The molecule has 0 aliphatic heterocycles. The molecule has 0 fully saturated rings. The van der Waals surface area contributed by atoms with Crippen molar-refractivity contribution in [3.8, 4) is 0 Å².